The Hall–Kier alpha value is -0.610. The van der Waals surface area contributed by atoms with Crippen molar-refractivity contribution in [3.63, 3.8) is 0 Å². The molecule has 0 aromatic rings. The average Bonchev–Trinajstić information content (AvgIpc) is 2.66. The average molecular weight is 241 g/mol. The minimum Gasteiger partial charge on any atom is -0.350 e. The summed E-state index contributed by atoms with van der Waals surface area (Å²) < 4.78 is 0. The first-order valence-electron chi connectivity index (χ1n) is 6.64. The number of amides is 1. The number of rotatable bonds is 5. The third-order valence-corrected chi connectivity index (χ3v) is 3.00. The monoisotopic (exact) mass is 241 g/mol. The maximum absolute atomic E-state index is 11.6. The van der Waals surface area contributed by atoms with Crippen molar-refractivity contribution in [1.29, 1.82) is 0 Å². The van der Waals surface area contributed by atoms with E-state index in [0.717, 1.165) is 6.54 Å². The highest BCUT2D eigenvalue weighted by Crippen LogP contribution is 2.10. The van der Waals surface area contributed by atoms with Gasteiger partial charge in [-0.05, 0) is 53.6 Å². The summed E-state index contributed by atoms with van der Waals surface area (Å²) in [6.07, 6.45) is 2.63. The van der Waals surface area contributed by atoms with Gasteiger partial charge in [0.05, 0.1) is 6.54 Å². The predicted molar refractivity (Wildman–Crippen MR) is 71.0 cm³/mol. The van der Waals surface area contributed by atoms with Gasteiger partial charge >= 0.3 is 0 Å². The summed E-state index contributed by atoms with van der Waals surface area (Å²) in [6.45, 7) is 11.9. The predicted octanol–water partition coefficient (Wildman–Crippen LogP) is 0.975. The molecule has 1 aliphatic rings. The lowest BCUT2D eigenvalue weighted by Gasteiger charge is -2.24. The smallest absolute Gasteiger partial charge is 0.234 e. The molecule has 0 bridgehead atoms. The van der Waals surface area contributed by atoms with Crippen LogP contribution in [0, 0.1) is 0 Å². The zero-order valence-corrected chi connectivity index (χ0v) is 11.7. The van der Waals surface area contributed by atoms with Gasteiger partial charge in [0, 0.05) is 18.1 Å². The number of likely N-dealkylation sites (tertiary alicyclic amines) is 1. The normalized spacial score (nSPS) is 19.3. The quantitative estimate of drug-likeness (QED) is 0.754. The van der Waals surface area contributed by atoms with Crippen LogP contribution in [0.25, 0.3) is 0 Å². The molecular formula is C13H27N3O. The summed E-state index contributed by atoms with van der Waals surface area (Å²) in [5.74, 6) is 0.0751. The van der Waals surface area contributed by atoms with Crippen LogP contribution in [0.5, 0.6) is 0 Å². The molecule has 1 unspecified atom stereocenters. The molecule has 1 atom stereocenters. The van der Waals surface area contributed by atoms with Crippen LogP contribution in [0.15, 0.2) is 0 Å². The summed E-state index contributed by atoms with van der Waals surface area (Å²) in [7, 11) is 0. The van der Waals surface area contributed by atoms with E-state index in [9.17, 15) is 4.79 Å². The van der Waals surface area contributed by atoms with E-state index in [4.69, 9.17) is 0 Å². The minimum atomic E-state index is -0.140. The Morgan fingerprint density at radius 1 is 1.29 bits per heavy atom. The van der Waals surface area contributed by atoms with Gasteiger partial charge in [0.1, 0.15) is 0 Å². The molecule has 1 fully saturated rings. The Balaban J connectivity index is 2.12. The van der Waals surface area contributed by atoms with Crippen molar-refractivity contribution >= 4 is 5.91 Å². The van der Waals surface area contributed by atoms with Crippen LogP contribution in [0.4, 0.5) is 0 Å². The SMILES string of the molecule is CC(CNCC(=O)NC(C)(C)C)N1CCCC1. The molecule has 0 aromatic carbocycles. The van der Waals surface area contributed by atoms with Crippen LogP contribution in [0.3, 0.4) is 0 Å². The molecule has 0 aromatic heterocycles. The van der Waals surface area contributed by atoms with Crippen molar-refractivity contribution in [2.24, 2.45) is 0 Å². The summed E-state index contributed by atoms with van der Waals surface area (Å²) >= 11 is 0. The fourth-order valence-corrected chi connectivity index (χ4v) is 2.17. The van der Waals surface area contributed by atoms with Crippen molar-refractivity contribution in [3.05, 3.63) is 0 Å². The maximum atomic E-state index is 11.6. The van der Waals surface area contributed by atoms with Crippen molar-refractivity contribution in [2.75, 3.05) is 26.2 Å². The van der Waals surface area contributed by atoms with Gasteiger partial charge in [-0.15, -0.1) is 0 Å². The Morgan fingerprint density at radius 2 is 1.88 bits per heavy atom. The Morgan fingerprint density at radius 3 is 2.41 bits per heavy atom. The second-order valence-corrected chi connectivity index (χ2v) is 6.02. The van der Waals surface area contributed by atoms with E-state index in [1.807, 2.05) is 20.8 Å². The topological polar surface area (TPSA) is 44.4 Å². The molecule has 17 heavy (non-hydrogen) atoms. The van der Waals surface area contributed by atoms with Crippen molar-refractivity contribution in [1.82, 2.24) is 15.5 Å². The van der Waals surface area contributed by atoms with Gasteiger partial charge in [0.2, 0.25) is 5.91 Å². The van der Waals surface area contributed by atoms with E-state index in [0.29, 0.717) is 12.6 Å². The highest BCUT2D eigenvalue weighted by atomic mass is 16.2. The van der Waals surface area contributed by atoms with E-state index in [2.05, 4.69) is 22.5 Å². The lowest BCUT2D eigenvalue weighted by molar-refractivity contribution is -0.121. The van der Waals surface area contributed by atoms with Crippen LogP contribution >= 0.6 is 0 Å². The number of hydrogen-bond acceptors (Lipinski definition) is 3. The molecule has 100 valence electrons. The molecule has 1 heterocycles. The van der Waals surface area contributed by atoms with Gasteiger partial charge in [0.15, 0.2) is 0 Å². The fourth-order valence-electron chi connectivity index (χ4n) is 2.17. The van der Waals surface area contributed by atoms with E-state index >= 15 is 0 Å². The molecular weight excluding hydrogens is 214 g/mol. The van der Waals surface area contributed by atoms with Gasteiger partial charge in [-0.1, -0.05) is 0 Å². The summed E-state index contributed by atoms with van der Waals surface area (Å²) in [5.41, 5.74) is -0.140. The van der Waals surface area contributed by atoms with E-state index < -0.39 is 0 Å². The van der Waals surface area contributed by atoms with Gasteiger partial charge in [-0.25, -0.2) is 0 Å². The van der Waals surface area contributed by atoms with E-state index in [-0.39, 0.29) is 11.4 Å². The Bertz CT molecular complexity index is 242. The molecule has 4 heteroatoms. The van der Waals surface area contributed by atoms with Gasteiger partial charge in [-0.2, -0.15) is 0 Å². The molecule has 0 aliphatic carbocycles. The molecule has 0 spiro atoms. The van der Waals surface area contributed by atoms with Crippen molar-refractivity contribution in [2.45, 2.75) is 52.1 Å². The first-order chi connectivity index (χ1) is 7.88. The highest BCUT2D eigenvalue weighted by Gasteiger charge is 2.18. The lowest BCUT2D eigenvalue weighted by atomic mass is 10.1. The highest BCUT2D eigenvalue weighted by molar-refractivity contribution is 5.78. The molecule has 4 nitrogen and oxygen atoms in total. The zero-order valence-electron chi connectivity index (χ0n) is 11.7. The summed E-state index contributed by atoms with van der Waals surface area (Å²) in [4.78, 5) is 14.1. The van der Waals surface area contributed by atoms with E-state index in [1.54, 1.807) is 0 Å². The standard InChI is InChI=1S/C13H27N3O/c1-11(16-7-5-6-8-16)9-14-10-12(17)15-13(2,3)4/h11,14H,5-10H2,1-4H3,(H,15,17). The molecule has 1 amide bonds. The summed E-state index contributed by atoms with van der Waals surface area (Å²) in [5, 5.41) is 6.18. The van der Waals surface area contributed by atoms with Gasteiger partial charge in [0.25, 0.3) is 0 Å². The number of hydrogen-bond donors (Lipinski definition) is 2. The molecule has 0 saturated carbocycles. The van der Waals surface area contributed by atoms with Crippen LogP contribution in [0.2, 0.25) is 0 Å². The number of carbonyl (C=O) groups is 1. The number of nitrogens with one attached hydrogen (secondary N) is 2. The molecule has 2 N–H and O–H groups in total. The lowest BCUT2D eigenvalue weighted by Crippen LogP contribution is -2.47. The van der Waals surface area contributed by atoms with Crippen molar-refractivity contribution < 1.29 is 4.79 Å². The second kappa shape index (κ2) is 6.36. The van der Waals surface area contributed by atoms with Crippen LogP contribution in [0.1, 0.15) is 40.5 Å². The third-order valence-electron chi connectivity index (χ3n) is 3.00. The zero-order chi connectivity index (χ0) is 12.9. The maximum Gasteiger partial charge on any atom is 0.234 e. The third kappa shape index (κ3) is 6.03. The summed E-state index contributed by atoms with van der Waals surface area (Å²) in [6, 6.07) is 0.528. The molecule has 1 aliphatic heterocycles. The fraction of sp³-hybridized carbons (Fsp3) is 0.923. The largest absolute Gasteiger partial charge is 0.350 e. The van der Waals surface area contributed by atoms with Crippen molar-refractivity contribution in [3.8, 4) is 0 Å². The Labute approximate surface area is 105 Å². The second-order valence-electron chi connectivity index (χ2n) is 6.02. The van der Waals surface area contributed by atoms with Crippen LogP contribution in [-0.2, 0) is 4.79 Å². The number of carbonyl (C=O) groups excluding carboxylic acids is 1. The number of nitrogens with zero attached hydrogens (tertiary/aromatic N) is 1. The molecule has 1 saturated heterocycles. The Kier molecular flexibility index (Phi) is 5.40. The molecule has 1 rings (SSSR count). The minimum absolute atomic E-state index is 0.0751. The van der Waals surface area contributed by atoms with E-state index in [1.165, 1.54) is 25.9 Å². The first-order valence-corrected chi connectivity index (χ1v) is 6.64. The van der Waals surface area contributed by atoms with Crippen LogP contribution in [-0.4, -0.2) is 48.6 Å². The van der Waals surface area contributed by atoms with Crippen LogP contribution < -0.4 is 10.6 Å². The van der Waals surface area contributed by atoms with Gasteiger partial charge in [-0.3, -0.25) is 9.69 Å². The first kappa shape index (κ1) is 14.5. The van der Waals surface area contributed by atoms with Gasteiger partial charge < -0.3 is 10.6 Å². The molecule has 0 radical (unpaired) electrons.